The molecule has 1 rings (SSSR count). The van der Waals surface area contributed by atoms with Gasteiger partial charge in [0.2, 0.25) is 0 Å². The Kier molecular flexibility index (Phi) is 22.7. The van der Waals surface area contributed by atoms with Gasteiger partial charge in [0.05, 0.1) is 24.3 Å². The molecule has 0 aliphatic rings. The molecule has 0 saturated carbocycles. The number of hydrogen-bond acceptors (Lipinski definition) is 4. The van der Waals surface area contributed by atoms with E-state index in [-0.39, 0.29) is 5.97 Å². The van der Waals surface area contributed by atoms with Crippen LogP contribution in [0.4, 0.5) is 0 Å². The van der Waals surface area contributed by atoms with Gasteiger partial charge >= 0.3 is 11.9 Å². The third-order valence-corrected chi connectivity index (χ3v) is 7.59. The largest absolute Gasteiger partial charge is 0.462 e. The van der Waals surface area contributed by atoms with Crippen molar-refractivity contribution >= 4 is 11.9 Å². The lowest BCUT2D eigenvalue weighted by Gasteiger charge is -2.14. The van der Waals surface area contributed by atoms with Crippen LogP contribution in [-0.4, -0.2) is 25.2 Å². The molecule has 0 aliphatic heterocycles. The number of rotatable bonds is 26. The van der Waals surface area contributed by atoms with Gasteiger partial charge < -0.3 is 9.47 Å². The maximum Gasteiger partial charge on any atom is 0.339 e. The van der Waals surface area contributed by atoms with Gasteiger partial charge in [-0.15, -0.1) is 0 Å². The molecule has 224 valence electrons. The van der Waals surface area contributed by atoms with Gasteiger partial charge in [-0.05, 0) is 37.3 Å². The van der Waals surface area contributed by atoms with Crippen LogP contribution in [0.3, 0.4) is 0 Å². The fraction of sp³-hybridized carbons (Fsp3) is 0.771. The van der Waals surface area contributed by atoms with Crippen LogP contribution in [0.1, 0.15) is 182 Å². The van der Waals surface area contributed by atoms with Gasteiger partial charge in [-0.3, -0.25) is 0 Å². The van der Waals surface area contributed by atoms with Crippen molar-refractivity contribution in [1.82, 2.24) is 0 Å². The van der Waals surface area contributed by atoms with Crippen LogP contribution in [0, 0.1) is 0 Å². The molecule has 0 aromatic heterocycles. The Morgan fingerprint density at radius 3 is 1.41 bits per heavy atom. The van der Waals surface area contributed by atoms with E-state index in [0.717, 1.165) is 50.5 Å². The van der Waals surface area contributed by atoms with Crippen molar-refractivity contribution in [2.24, 2.45) is 0 Å². The Morgan fingerprint density at radius 1 is 0.513 bits per heavy atom. The van der Waals surface area contributed by atoms with Gasteiger partial charge in [-0.2, -0.15) is 0 Å². The summed E-state index contributed by atoms with van der Waals surface area (Å²) in [6.07, 6.45) is 25.8. The van der Waals surface area contributed by atoms with Crippen molar-refractivity contribution in [2.45, 2.75) is 162 Å². The van der Waals surface area contributed by atoms with Crippen molar-refractivity contribution in [3.05, 3.63) is 34.9 Å². The molecular weight excluding hydrogens is 484 g/mol. The second-order valence-corrected chi connectivity index (χ2v) is 11.2. The second kappa shape index (κ2) is 25.1. The molecule has 0 saturated heterocycles. The Labute approximate surface area is 241 Å². The first kappa shape index (κ1) is 35.2. The minimum Gasteiger partial charge on any atom is -0.462 e. The molecular formula is C35H60O4. The number of unbranched alkanes of at least 4 members (excludes halogenated alkanes) is 18. The van der Waals surface area contributed by atoms with Crippen LogP contribution in [0.15, 0.2) is 18.2 Å². The quantitative estimate of drug-likeness (QED) is 0.0859. The smallest absolute Gasteiger partial charge is 0.339 e. The predicted molar refractivity (Wildman–Crippen MR) is 165 cm³/mol. The highest BCUT2D eigenvalue weighted by Crippen LogP contribution is 2.21. The van der Waals surface area contributed by atoms with Crippen LogP contribution in [0.5, 0.6) is 0 Å². The predicted octanol–water partition coefficient (Wildman–Crippen LogP) is 10.8. The van der Waals surface area contributed by atoms with Crippen molar-refractivity contribution in [2.75, 3.05) is 13.2 Å². The first-order valence-electron chi connectivity index (χ1n) is 16.6. The number of carbonyl (C=O) groups excluding carboxylic acids is 2. The van der Waals surface area contributed by atoms with E-state index >= 15 is 0 Å². The Hall–Kier alpha value is -1.84. The van der Waals surface area contributed by atoms with Gasteiger partial charge in [-0.1, -0.05) is 148 Å². The lowest BCUT2D eigenvalue weighted by atomic mass is 9.96. The van der Waals surface area contributed by atoms with Gasteiger partial charge in [0.1, 0.15) is 0 Å². The highest BCUT2D eigenvalue weighted by atomic mass is 16.5. The molecule has 0 spiro atoms. The summed E-state index contributed by atoms with van der Waals surface area (Å²) in [4.78, 5) is 26.2. The first-order valence-corrected chi connectivity index (χ1v) is 16.6. The minimum absolute atomic E-state index is 0.363. The topological polar surface area (TPSA) is 52.6 Å². The molecule has 1 aromatic carbocycles. The average Bonchev–Trinajstić information content (AvgIpc) is 2.95. The van der Waals surface area contributed by atoms with Crippen molar-refractivity contribution in [3.8, 4) is 0 Å². The maximum atomic E-state index is 13.2. The summed E-state index contributed by atoms with van der Waals surface area (Å²) in [5, 5.41) is 0. The minimum atomic E-state index is -0.401. The Morgan fingerprint density at radius 2 is 0.923 bits per heavy atom. The number of ether oxygens (including phenoxy) is 2. The zero-order chi connectivity index (χ0) is 28.4. The van der Waals surface area contributed by atoms with E-state index in [0.29, 0.717) is 24.3 Å². The molecule has 1 aromatic rings. The van der Waals surface area contributed by atoms with Crippen LogP contribution < -0.4 is 0 Å². The molecule has 0 bridgehead atoms. The second-order valence-electron chi connectivity index (χ2n) is 11.2. The SMILES string of the molecule is CCCCCCCCCCCc1cccc(C(=O)OCCCCCCC)c1C(=O)OCCCCCCCCC. The van der Waals surface area contributed by atoms with E-state index < -0.39 is 5.97 Å². The summed E-state index contributed by atoms with van der Waals surface area (Å²) in [6, 6.07) is 5.59. The number of benzene rings is 1. The summed E-state index contributed by atoms with van der Waals surface area (Å²) in [5.74, 6) is -0.773. The first-order chi connectivity index (χ1) is 19.2. The zero-order valence-corrected chi connectivity index (χ0v) is 25.8. The highest BCUT2D eigenvalue weighted by molar-refractivity contribution is 6.04. The molecule has 0 aliphatic carbocycles. The molecule has 0 radical (unpaired) electrons. The molecule has 0 N–H and O–H groups in total. The molecule has 39 heavy (non-hydrogen) atoms. The Balaban J connectivity index is 2.67. The Bertz CT molecular complexity index is 742. The van der Waals surface area contributed by atoms with Gasteiger partial charge in [0, 0.05) is 0 Å². The summed E-state index contributed by atoms with van der Waals surface area (Å²) >= 11 is 0. The van der Waals surface area contributed by atoms with E-state index in [9.17, 15) is 9.59 Å². The maximum absolute atomic E-state index is 13.2. The lowest BCUT2D eigenvalue weighted by molar-refractivity contribution is 0.0449. The number of aryl methyl sites for hydroxylation is 1. The van der Waals surface area contributed by atoms with Crippen LogP contribution in [0.2, 0.25) is 0 Å². The molecule has 0 fully saturated rings. The van der Waals surface area contributed by atoms with Crippen molar-refractivity contribution in [1.29, 1.82) is 0 Å². The van der Waals surface area contributed by atoms with E-state index in [4.69, 9.17) is 9.47 Å². The van der Waals surface area contributed by atoms with E-state index in [2.05, 4.69) is 20.8 Å². The van der Waals surface area contributed by atoms with E-state index in [1.807, 2.05) is 12.1 Å². The summed E-state index contributed by atoms with van der Waals surface area (Å²) in [6.45, 7) is 7.48. The average molecular weight is 545 g/mol. The molecule has 0 amide bonds. The third kappa shape index (κ3) is 17.5. The summed E-state index contributed by atoms with van der Waals surface area (Å²) in [7, 11) is 0. The lowest BCUT2D eigenvalue weighted by Crippen LogP contribution is -2.17. The molecule has 4 nitrogen and oxygen atoms in total. The molecule has 4 heteroatoms. The normalized spacial score (nSPS) is 11.1. The molecule has 0 atom stereocenters. The molecule has 0 unspecified atom stereocenters. The summed E-state index contributed by atoms with van der Waals surface area (Å²) in [5.41, 5.74) is 1.71. The zero-order valence-electron chi connectivity index (χ0n) is 25.8. The fourth-order valence-corrected chi connectivity index (χ4v) is 5.09. The van der Waals surface area contributed by atoms with Crippen LogP contribution >= 0.6 is 0 Å². The van der Waals surface area contributed by atoms with Gasteiger partial charge in [-0.25, -0.2) is 9.59 Å². The van der Waals surface area contributed by atoms with E-state index in [1.165, 1.54) is 96.3 Å². The highest BCUT2D eigenvalue weighted by Gasteiger charge is 2.23. The monoisotopic (exact) mass is 544 g/mol. The number of carbonyl (C=O) groups is 2. The number of hydrogen-bond donors (Lipinski definition) is 0. The summed E-state index contributed by atoms with van der Waals surface area (Å²) < 4.78 is 11.3. The molecule has 0 heterocycles. The van der Waals surface area contributed by atoms with Crippen molar-refractivity contribution < 1.29 is 19.1 Å². The third-order valence-electron chi connectivity index (χ3n) is 7.59. The van der Waals surface area contributed by atoms with Crippen LogP contribution in [0.25, 0.3) is 0 Å². The van der Waals surface area contributed by atoms with Crippen molar-refractivity contribution in [3.63, 3.8) is 0 Å². The van der Waals surface area contributed by atoms with Crippen LogP contribution in [-0.2, 0) is 15.9 Å². The fourth-order valence-electron chi connectivity index (χ4n) is 5.09. The van der Waals surface area contributed by atoms with Gasteiger partial charge in [0.25, 0.3) is 0 Å². The van der Waals surface area contributed by atoms with Gasteiger partial charge in [0.15, 0.2) is 0 Å². The standard InChI is InChI=1S/C35H60O4/c1-4-7-10-13-15-16-17-19-22-26-31-27-25-28-32(34(36)38-29-23-20-12-9-6-3)33(31)35(37)39-30-24-21-18-14-11-8-5-2/h25,27-28H,4-24,26,29-30H2,1-3H3. The number of esters is 2. The van der Waals surface area contributed by atoms with E-state index in [1.54, 1.807) is 6.07 Å².